The van der Waals surface area contributed by atoms with Gasteiger partial charge in [0.15, 0.2) is 0 Å². The lowest BCUT2D eigenvalue weighted by Crippen LogP contribution is -2.49. The molecular formula is C11H16N2OS2. The van der Waals surface area contributed by atoms with E-state index in [0.717, 1.165) is 24.6 Å². The first-order valence-electron chi connectivity index (χ1n) is 5.36. The number of hydrogen-bond acceptors (Lipinski definition) is 4. The molecule has 0 bridgehead atoms. The van der Waals surface area contributed by atoms with Crippen LogP contribution in [0.4, 0.5) is 0 Å². The summed E-state index contributed by atoms with van der Waals surface area (Å²) < 4.78 is 0. The fourth-order valence-electron chi connectivity index (χ4n) is 1.70. The van der Waals surface area contributed by atoms with Gasteiger partial charge in [0.2, 0.25) is 5.91 Å². The normalized spacial score (nSPS) is 20.7. The molecular weight excluding hydrogens is 240 g/mol. The second kappa shape index (κ2) is 5.70. The molecule has 88 valence electrons. The first-order valence-corrected chi connectivity index (χ1v) is 7.39. The van der Waals surface area contributed by atoms with Gasteiger partial charge in [0, 0.05) is 30.0 Å². The summed E-state index contributed by atoms with van der Waals surface area (Å²) in [5, 5.41) is 5.31. The Morgan fingerprint density at radius 1 is 1.69 bits per heavy atom. The number of carbonyl (C=O) groups is 1. The van der Waals surface area contributed by atoms with Crippen molar-refractivity contribution < 1.29 is 4.79 Å². The summed E-state index contributed by atoms with van der Waals surface area (Å²) in [7, 11) is 1.88. The van der Waals surface area contributed by atoms with Crippen LogP contribution in [0.15, 0.2) is 17.5 Å². The largest absolute Gasteiger partial charge is 0.339 e. The van der Waals surface area contributed by atoms with Crippen molar-refractivity contribution >= 4 is 29.0 Å². The summed E-state index contributed by atoms with van der Waals surface area (Å²) in [5.41, 5.74) is 0. The molecule has 0 aliphatic carbocycles. The second-order valence-electron chi connectivity index (χ2n) is 3.86. The SMILES string of the molecule is CN(Cc1cccs1)C(=O)C1CSCCN1. The molecule has 1 saturated heterocycles. The molecule has 1 atom stereocenters. The fraction of sp³-hybridized carbons (Fsp3) is 0.545. The van der Waals surface area contributed by atoms with E-state index in [0.29, 0.717) is 0 Å². The van der Waals surface area contributed by atoms with Crippen molar-refractivity contribution in [3.8, 4) is 0 Å². The van der Waals surface area contributed by atoms with Crippen LogP contribution in [0.5, 0.6) is 0 Å². The lowest BCUT2D eigenvalue weighted by molar-refractivity contribution is -0.132. The van der Waals surface area contributed by atoms with Crippen molar-refractivity contribution in [1.82, 2.24) is 10.2 Å². The van der Waals surface area contributed by atoms with Gasteiger partial charge in [-0.05, 0) is 11.4 Å². The molecule has 0 radical (unpaired) electrons. The molecule has 0 aromatic carbocycles. The molecule has 2 rings (SSSR count). The summed E-state index contributed by atoms with van der Waals surface area (Å²) >= 11 is 3.55. The number of nitrogens with one attached hydrogen (secondary N) is 1. The van der Waals surface area contributed by atoms with Crippen molar-refractivity contribution in [2.75, 3.05) is 25.1 Å². The number of nitrogens with zero attached hydrogens (tertiary/aromatic N) is 1. The number of likely N-dealkylation sites (N-methyl/N-ethyl adjacent to an activating group) is 1. The van der Waals surface area contributed by atoms with Gasteiger partial charge >= 0.3 is 0 Å². The minimum atomic E-state index is 0.00344. The minimum absolute atomic E-state index is 0.00344. The first-order chi connectivity index (χ1) is 7.77. The number of carbonyl (C=O) groups excluding carboxylic acids is 1. The zero-order chi connectivity index (χ0) is 11.4. The van der Waals surface area contributed by atoms with Crippen LogP contribution in [0.25, 0.3) is 0 Å². The average molecular weight is 256 g/mol. The predicted octanol–water partition coefficient (Wildman–Crippen LogP) is 1.41. The summed E-state index contributed by atoms with van der Waals surface area (Å²) in [5.74, 6) is 2.21. The van der Waals surface area contributed by atoms with Crippen molar-refractivity contribution in [2.45, 2.75) is 12.6 Å². The summed E-state index contributed by atoms with van der Waals surface area (Å²) in [6, 6.07) is 4.09. The van der Waals surface area contributed by atoms with Crippen LogP contribution in [-0.4, -0.2) is 41.9 Å². The van der Waals surface area contributed by atoms with Gasteiger partial charge in [-0.3, -0.25) is 4.79 Å². The van der Waals surface area contributed by atoms with Crippen LogP contribution >= 0.6 is 23.1 Å². The third-order valence-corrected chi connectivity index (χ3v) is 4.49. The van der Waals surface area contributed by atoms with Gasteiger partial charge in [0.1, 0.15) is 0 Å². The summed E-state index contributed by atoms with van der Waals surface area (Å²) in [4.78, 5) is 15.1. The highest BCUT2D eigenvalue weighted by molar-refractivity contribution is 7.99. The number of amides is 1. The quantitative estimate of drug-likeness (QED) is 0.887. The van der Waals surface area contributed by atoms with E-state index < -0.39 is 0 Å². The first kappa shape index (κ1) is 12.0. The molecule has 1 aliphatic rings. The zero-order valence-electron chi connectivity index (χ0n) is 9.31. The Balaban J connectivity index is 1.88. The van der Waals surface area contributed by atoms with E-state index in [9.17, 15) is 4.79 Å². The number of thioether (sulfide) groups is 1. The lowest BCUT2D eigenvalue weighted by Gasteiger charge is -2.26. The molecule has 16 heavy (non-hydrogen) atoms. The third-order valence-electron chi connectivity index (χ3n) is 2.57. The van der Waals surface area contributed by atoms with E-state index in [-0.39, 0.29) is 11.9 Å². The Bertz CT molecular complexity index is 334. The zero-order valence-corrected chi connectivity index (χ0v) is 10.9. The van der Waals surface area contributed by atoms with Crippen molar-refractivity contribution in [3.63, 3.8) is 0 Å². The van der Waals surface area contributed by atoms with Gasteiger partial charge in [-0.25, -0.2) is 0 Å². The van der Waals surface area contributed by atoms with Gasteiger partial charge in [0.05, 0.1) is 12.6 Å². The second-order valence-corrected chi connectivity index (χ2v) is 6.04. The van der Waals surface area contributed by atoms with Crippen LogP contribution in [0.1, 0.15) is 4.88 Å². The molecule has 1 N–H and O–H groups in total. The highest BCUT2D eigenvalue weighted by Gasteiger charge is 2.23. The maximum atomic E-state index is 12.1. The van der Waals surface area contributed by atoms with Gasteiger partial charge in [-0.15, -0.1) is 11.3 Å². The number of hydrogen-bond donors (Lipinski definition) is 1. The van der Waals surface area contributed by atoms with Gasteiger partial charge < -0.3 is 10.2 Å². The smallest absolute Gasteiger partial charge is 0.240 e. The molecule has 1 aliphatic heterocycles. The maximum Gasteiger partial charge on any atom is 0.240 e. The molecule has 1 aromatic rings. The highest BCUT2D eigenvalue weighted by Crippen LogP contribution is 2.14. The summed E-state index contributed by atoms with van der Waals surface area (Å²) in [6.45, 7) is 1.66. The minimum Gasteiger partial charge on any atom is -0.339 e. The van der Waals surface area contributed by atoms with Crippen molar-refractivity contribution in [2.24, 2.45) is 0 Å². The molecule has 1 amide bonds. The Labute approximate surface area is 104 Å². The topological polar surface area (TPSA) is 32.3 Å². The van der Waals surface area contributed by atoms with E-state index in [1.54, 1.807) is 11.3 Å². The van der Waals surface area contributed by atoms with Crippen LogP contribution in [-0.2, 0) is 11.3 Å². The fourth-order valence-corrected chi connectivity index (χ4v) is 3.39. The molecule has 1 fully saturated rings. The highest BCUT2D eigenvalue weighted by atomic mass is 32.2. The molecule has 3 nitrogen and oxygen atoms in total. The Morgan fingerprint density at radius 3 is 3.19 bits per heavy atom. The lowest BCUT2D eigenvalue weighted by atomic mass is 10.2. The van der Waals surface area contributed by atoms with E-state index in [1.807, 2.05) is 35.2 Å². The standard InChI is InChI=1S/C11H16N2OS2/c1-13(7-9-3-2-5-16-9)11(14)10-8-15-6-4-12-10/h2-3,5,10,12H,4,6-8H2,1H3. The third kappa shape index (κ3) is 2.99. The van der Waals surface area contributed by atoms with Crippen molar-refractivity contribution in [3.05, 3.63) is 22.4 Å². The molecule has 2 heterocycles. The summed E-state index contributed by atoms with van der Waals surface area (Å²) in [6.07, 6.45) is 0. The van der Waals surface area contributed by atoms with E-state index >= 15 is 0 Å². The van der Waals surface area contributed by atoms with Gasteiger partial charge in [-0.2, -0.15) is 11.8 Å². The maximum absolute atomic E-state index is 12.1. The Kier molecular flexibility index (Phi) is 4.26. The van der Waals surface area contributed by atoms with Crippen LogP contribution in [0.3, 0.4) is 0 Å². The van der Waals surface area contributed by atoms with Gasteiger partial charge in [0.25, 0.3) is 0 Å². The Morgan fingerprint density at radius 2 is 2.56 bits per heavy atom. The van der Waals surface area contributed by atoms with E-state index in [4.69, 9.17) is 0 Å². The van der Waals surface area contributed by atoms with Crippen molar-refractivity contribution in [1.29, 1.82) is 0 Å². The average Bonchev–Trinajstić information content (AvgIpc) is 2.82. The van der Waals surface area contributed by atoms with E-state index in [2.05, 4.69) is 11.4 Å². The molecule has 1 aromatic heterocycles. The molecule has 5 heteroatoms. The van der Waals surface area contributed by atoms with Crippen LogP contribution in [0.2, 0.25) is 0 Å². The molecule has 0 saturated carbocycles. The Hall–Kier alpha value is -0.520. The van der Waals surface area contributed by atoms with Gasteiger partial charge in [-0.1, -0.05) is 6.07 Å². The molecule has 0 spiro atoms. The number of thiophene rings is 1. The molecule has 1 unspecified atom stereocenters. The van der Waals surface area contributed by atoms with E-state index in [1.165, 1.54) is 4.88 Å². The monoisotopic (exact) mass is 256 g/mol. The number of rotatable bonds is 3. The van der Waals surface area contributed by atoms with Crippen LogP contribution < -0.4 is 5.32 Å². The predicted molar refractivity (Wildman–Crippen MR) is 69.9 cm³/mol. The van der Waals surface area contributed by atoms with Crippen LogP contribution in [0, 0.1) is 0 Å².